The number of para-hydroxylation sites is 1. The molecule has 0 aromatic heterocycles. The first-order valence-corrected chi connectivity index (χ1v) is 22.7. The molecule has 8 rings (SSSR count). The van der Waals surface area contributed by atoms with Crippen molar-refractivity contribution in [1.82, 2.24) is 0 Å². The summed E-state index contributed by atoms with van der Waals surface area (Å²) in [7, 11) is 2.89. The van der Waals surface area contributed by atoms with Crippen LogP contribution in [0, 0.1) is 10.1 Å². The Morgan fingerprint density at radius 3 is 1.27 bits per heavy atom. The number of halogens is 1. The monoisotopic (exact) mass is 1130 g/mol. The summed E-state index contributed by atoms with van der Waals surface area (Å²) < 4.78 is 9.56. The highest BCUT2D eigenvalue weighted by molar-refractivity contribution is 6.30. The van der Waals surface area contributed by atoms with Gasteiger partial charge in [0, 0.05) is 32.8 Å². The van der Waals surface area contributed by atoms with E-state index in [4.69, 9.17) is 67.0 Å². The highest BCUT2D eigenvalue weighted by Gasteiger charge is 2.13. The van der Waals surface area contributed by atoms with Crippen LogP contribution in [0.1, 0.15) is 82.9 Å². The van der Waals surface area contributed by atoms with Crippen molar-refractivity contribution < 1.29 is 98.7 Å². The van der Waals surface area contributed by atoms with Crippen LogP contribution < -0.4 is 9.47 Å². The van der Waals surface area contributed by atoms with Crippen LogP contribution in [0.4, 0.5) is 5.69 Å². The molecule has 0 aliphatic rings. The van der Waals surface area contributed by atoms with E-state index in [2.05, 4.69) is 0 Å². The van der Waals surface area contributed by atoms with Gasteiger partial charge in [0.15, 0.2) is 53.4 Å². The first-order valence-electron chi connectivity index (χ1n) is 22.4. The molecule has 8 aromatic carbocycles. The predicted octanol–water partition coefficient (Wildman–Crippen LogP) is 9.92. The largest absolute Gasteiger partial charge is 0.508 e. The maximum absolute atomic E-state index is 10.3. The molecule has 8 aromatic rings. The second-order valence-electron chi connectivity index (χ2n) is 15.0. The number of benzene rings is 8. The third kappa shape index (κ3) is 25.8. The fraction of sp³-hybridized carbons (Fsp3) is 0.0345. The first-order chi connectivity index (χ1) is 38.7. The lowest BCUT2D eigenvalue weighted by molar-refractivity contribution is -0.385. The molecule has 0 saturated heterocycles. The molecule has 0 amide bonds. The van der Waals surface area contributed by atoms with E-state index >= 15 is 0 Å². The van der Waals surface area contributed by atoms with E-state index in [1.807, 2.05) is 0 Å². The molecule has 0 aliphatic heterocycles. The van der Waals surface area contributed by atoms with E-state index in [1.165, 1.54) is 117 Å². The van der Waals surface area contributed by atoms with Crippen molar-refractivity contribution in [2.45, 2.75) is 0 Å². The molecule has 81 heavy (non-hydrogen) atoms. The standard InChI is InChI=1S/2C8H8O3.C7H5ClO2.C7H5NO4.C7H6O3.3C7H6O2/c1-11-8-3-2-6(5-9)4-7(8)10;1-11-8-4-6(5-9)2-3-7(8)10;8-6-1-2-7(10)5(3-6)4-9;9-4-5-1-2-6(10)3-7(5)8(11)12;8-4-5-1-2-6(9)7(10)3-5;8-5-6-1-3-7(9)4-2-6;8-5-6-2-1-3-7(9)4-6;8-5-6-3-1-2-4-7(6)9/h2*2-5,10H,1H3;1-4,10H;1-4,10H;1-4,9-10H;3*1-5,9H. The maximum Gasteiger partial charge on any atom is 0.283 e. The van der Waals surface area contributed by atoms with Gasteiger partial charge in [-0.3, -0.25) is 48.5 Å². The summed E-state index contributed by atoms with van der Waals surface area (Å²) >= 11 is 5.53. The fourth-order valence-corrected chi connectivity index (χ4v) is 5.49. The Labute approximate surface area is 465 Å². The smallest absolute Gasteiger partial charge is 0.283 e. The quantitative estimate of drug-likeness (QED) is 0.0251. The minimum Gasteiger partial charge on any atom is -0.508 e. The molecule has 0 aliphatic carbocycles. The number of carbonyl (C=O) groups excluding carboxylic acids is 8. The lowest BCUT2D eigenvalue weighted by Crippen LogP contribution is -1.93. The Kier molecular flexibility index (Phi) is 31.2. The van der Waals surface area contributed by atoms with Crippen LogP contribution in [0.15, 0.2) is 164 Å². The van der Waals surface area contributed by atoms with Crippen molar-refractivity contribution >= 4 is 67.6 Å². The van der Waals surface area contributed by atoms with E-state index < -0.39 is 4.92 Å². The number of hydrogen-bond acceptors (Lipinski definition) is 21. The molecule has 0 heterocycles. The first kappa shape index (κ1) is 67.6. The molecular formula is C58H50ClNO21. The maximum atomic E-state index is 10.3. The average Bonchev–Trinajstić information content (AvgIpc) is 3.48. The Morgan fingerprint density at radius 2 is 0.815 bits per heavy atom. The summed E-state index contributed by atoms with van der Waals surface area (Å²) in [6.45, 7) is 0. The summed E-state index contributed by atoms with van der Waals surface area (Å²) in [5.41, 5.74) is 2.45. The third-order valence-corrected chi connectivity index (χ3v) is 9.60. The minimum absolute atomic E-state index is 0.0166. The number of nitro benzene ring substituents is 1. The van der Waals surface area contributed by atoms with E-state index in [-0.39, 0.29) is 68.6 Å². The number of ether oxygens (including phenoxy) is 2. The number of carbonyl (C=O) groups is 8. The average molecular weight is 1130 g/mol. The molecular weight excluding hydrogens is 1080 g/mol. The van der Waals surface area contributed by atoms with Gasteiger partial charge in [-0.15, -0.1) is 0 Å². The molecule has 0 spiro atoms. The van der Waals surface area contributed by atoms with Gasteiger partial charge in [0.2, 0.25) is 0 Å². The van der Waals surface area contributed by atoms with Gasteiger partial charge in [0.1, 0.15) is 60.2 Å². The molecule has 0 unspecified atom stereocenters. The van der Waals surface area contributed by atoms with Gasteiger partial charge in [-0.1, -0.05) is 35.9 Å². The Bertz CT molecular complexity index is 3350. The molecule has 9 N–H and O–H groups in total. The van der Waals surface area contributed by atoms with E-state index in [0.717, 1.165) is 12.4 Å². The van der Waals surface area contributed by atoms with Crippen molar-refractivity contribution in [3.8, 4) is 63.2 Å². The summed E-state index contributed by atoms with van der Waals surface area (Å²) in [4.78, 5) is 90.7. The van der Waals surface area contributed by atoms with Crippen molar-refractivity contribution in [3.05, 3.63) is 223 Å². The van der Waals surface area contributed by atoms with Crippen LogP contribution in [0.3, 0.4) is 0 Å². The lowest BCUT2D eigenvalue weighted by Gasteiger charge is -2.01. The van der Waals surface area contributed by atoms with Gasteiger partial charge < -0.3 is 55.4 Å². The summed E-state index contributed by atoms with van der Waals surface area (Å²) in [6, 6.07) is 39.1. The second kappa shape index (κ2) is 37.4. The lowest BCUT2D eigenvalue weighted by atomic mass is 10.2. The van der Waals surface area contributed by atoms with Gasteiger partial charge in [0.05, 0.1) is 41.9 Å². The topological polar surface area (TPSA) is 380 Å². The fourth-order valence-electron chi connectivity index (χ4n) is 5.31. The van der Waals surface area contributed by atoms with Crippen LogP contribution in [-0.2, 0) is 0 Å². The third-order valence-electron chi connectivity index (χ3n) is 9.37. The van der Waals surface area contributed by atoms with E-state index in [0.29, 0.717) is 93.9 Å². The Balaban J connectivity index is 0.000000464. The van der Waals surface area contributed by atoms with Crippen molar-refractivity contribution in [2.24, 2.45) is 0 Å². The number of rotatable bonds is 11. The van der Waals surface area contributed by atoms with Gasteiger partial charge in [-0.25, -0.2) is 0 Å². The number of methoxy groups -OCH3 is 2. The summed E-state index contributed by atoms with van der Waals surface area (Å²) in [5.74, 6) is 0.287. The number of phenols is 9. The highest BCUT2D eigenvalue weighted by Crippen LogP contribution is 2.27. The molecule has 0 radical (unpaired) electrons. The minimum atomic E-state index is -0.719. The Morgan fingerprint density at radius 1 is 0.358 bits per heavy atom. The number of nitrogens with zero attached hydrogens (tertiary/aromatic N) is 1. The second-order valence-corrected chi connectivity index (χ2v) is 15.4. The van der Waals surface area contributed by atoms with Crippen molar-refractivity contribution in [1.29, 1.82) is 0 Å². The van der Waals surface area contributed by atoms with E-state index in [1.54, 1.807) is 54.6 Å². The van der Waals surface area contributed by atoms with Crippen LogP contribution >= 0.6 is 11.6 Å². The number of aldehydes is 8. The number of hydrogen-bond donors (Lipinski definition) is 9. The van der Waals surface area contributed by atoms with E-state index in [9.17, 15) is 48.5 Å². The highest BCUT2D eigenvalue weighted by atomic mass is 35.5. The van der Waals surface area contributed by atoms with Crippen molar-refractivity contribution in [2.75, 3.05) is 14.2 Å². The van der Waals surface area contributed by atoms with Crippen LogP contribution in [0.2, 0.25) is 5.02 Å². The molecule has 0 saturated carbocycles. The molecule has 0 atom stereocenters. The Hall–Kier alpha value is -11.4. The number of aromatic hydroxyl groups is 9. The zero-order valence-electron chi connectivity index (χ0n) is 42.5. The molecule has 0 bridgehead atoms. The molecule has 23 heteroatoms. The van der Waals surface area contributed by atoms with Gasteiger partial charge >= 0.3 is 0 Å². The summed E-state index contributed by atoms with van der Waals surface area (Å²) in [6.07, 6.45) is 4.94. The molecule has 420 valence electrons. The SMILES string of the molecule is COc1cc(C=O)ccc1O.COc1ccc(C=O)cc1O.O=Cc1cc(Cl)ccc1O.O=Cc1ccc(O)c(O)c1.O=Cc1ccc(O)cc1.O=Cc1ccc(O)cc1[N+](=O)[O-].O=Cc1cccc(O)c1.O=Cc1ccccc1O. The van der Waals surface area contributed by atoms with Crippen LogP contribution in [0.25, 0.3) is 0 Å². The van der Waals surface area contributed by atoms with Gasteiger partial charge in [0.25, 0.3) is 5.69 Å². The van der Waals surface area contributed by atoms with Crippen LogP contribution in [0.5, 0.6) is 63.2 Å². The molecule has 0 fully saturated rings. The predicted molar refractivity (Wildman–Crippen MR) is 294 cm³/mol. The number of nitro groups is 1. The van der Waals surface area contributed by atoms with Crippen molar-refractivity contribution in [3.63, 3.8) is 0 Å². The summed E-state index contributed by atoms with van der Waals surface area (Å²) in [5, 5.41) is 90.7. The van der Waals surface area contributed by atoms with Gasteiger partial charge in [-0.05, 0) is 133 Å². The van der Waals surface area contributed by atoms with Gasteiger partial charge in [-0.2, -0.15) is 0 Å². The number of phenolic OH excluding ortho intramolecular Hbond substituents is 9. The van der Waals surface area contributed by atoms with Crippen LogP contribution in [-0.4, -0.2) is 115 Å². The zero-order chi connectivity index (χ0) is 60.9. The normalized spacial score (nSPS) is 9.12. The molecule has 22 nitrogen and oxygen atoms in total. The zero-order valence-corrected chi connectivity index (χ0v) is 43.2.